The van der Waals surface area contributed by atoms with Gasteiger partial charge in [-0.15, -0.1) is 0 Å². The van der Waals surface area contributed by atoms with Crippen molar-refractivity contribution in [3.63, 3.8) is 0 Å². The lowest BCUT2D eigenvalue weighted by molar-refractivity contribution is 0.144. The second-order valence-electron chi connectivity index (χ2n) is 4.93. The van der Waals surface area contributed by atoms with Crippen molar-refractivity contribution in [2.75, 3.05) is 0 Å². The van der Waals surface area contributed by atoms with Crippen LogP contribution in [-0.2, 0) is 6.54 Å². The number of ether oxygens (including phenoxy) is 1. The summed E-state index contributed by atoms with van der Waals surface area (Å²) in [5.74, 6) is -0.0455. The Hall–Kier alpha value is -2.56. The maximum Gasteiger partial charge on any atom is 0.511 e. The molecule has 0 atom stereocenters. The molecular weight excluding hydrogens is 273 g/mol. The molecule has 0 aliphatic carbocycles. The van der Waals surface area contributed by atoms with Crippen molar-refractivity contribution in [3.05, 3.63) is 41.7 Å². The summed E-state index contributed by atoms with van der Waals surface area (Å²) in [7, 11) is 0. The van der Waals surface area contributed by atoms with Crippen molar-refractivity contribution < 1.29 is 19.0 Å². The Kier molecular flexibility index (Phi) is 3.05. The van der Waals surface area contributed by atoms with E-state index in [-0.39, 0.29) is 11.6 Å². The molecule has 0 saturated heterocycles. The normalized spacial score (nSPS) is 11.2. The van der Waals surface area contributed by atoms with Gasteiger partial charge in [-0.2, -0.15) is 0 Å². The van der Waals surface area contributed by atoms with Crippen LogP contribution < -0.4 is 4.74 Å². The largest absolute Gasteiger partial charge is 0.511 e. The van der Waals surface area contributed by atoms with E-state index in [1.165, 1.54) is 6.07 Å². The lowest BCUT2D eigenvalue weighted by atomic mass is 10.1. The molecule has 2 aromatic carbocycles. The third-order valence-corrected chi connectivity index (χ3v) is 3.55. The second-order valence-corrected chi connectivity index (χ2v) is 4.93. The summed E-state index contributed by atoms with van der Waals surface area (Å²) in [5.41, 5.74) is 2.21. The topological polar surface area (TPSA) is 51.5 Å². The molecule has 21 heavy (non-hydrogen) atoms. The zero-order valence-corrected chi connectivity index (χ0v) is 11.7. The highest BCUT2D eigenvalue weighted by molar-refractivity contribution is 6.09. The summed E-state index contributed by atoms with van der Waals surface area (Å²) in [5, 5.41) is 10.3. The van der Waals surface area contributed by atoms with Gasteiger partial charge in [0.25, 0.3) is 0 Å². The molecule has 4 nitrogen and oxygen atoms in total. The van der Waals surface area contributed by atoms with E-state index < -0.39 is 6.16 Å². The van der Waals surface area contributed by atoms with E-state index in [9.17, 15) is 9.18 Å². The van der Waals surface area contributed by atoms with Crippen LogP contribution in [0.1, 0.15) is 12.5 Å². The Balaban J connectivity index is 2.40. The van der Waals surface area contributed by atoms with E-state index in [0.717, 1.165) is 21.9 Å². The smallest absolute Gasteiger partial charge is 0.449 e. The number of carbonyl (C=O) groups is 1. The van der Waals surface area contributed by atoms with Crippen molar-refractivity contribution in [1.82, 2.24) is 4.57 Å². The highest BCUT2D eigenvalue weighted by atomic mass is 19.1. The summed E-state index contributed by atoms with van der Waals surface area (Å²) in [4.78, 5) is 10.7. The predicted octanol–water partition coefficient (Wildman–Crippen LogP) is 4.32. The molecule has 0 spiro atoms. The number of aryl methyl sites for hydroxylation is 2. The van der Waals surface area contributed by atoms with E-state index in [0.29, 0.717) is 12.1 Å². The van der Waals surface area contributed by atoms with E-state index in [1.54, 1.807) is 18.2 Å². The van der Waals surface area contributed by atoms with Crippen LogP contribution in [-0.4, -0.2) is 15.8 Å². The fraction of sp³-hybridized carbons (Fsp3) is 0.188. The van der Waals surface area contributed by atoms with E-state index >= 15 is 0 Å². The Morgan fingerprint density at radius 2 is 2.05 bits per heavy atom. The average molecular weight is 287 g/mol. The fourth-order valence-corrected chi connectivity index (χ4v) is 2.79. The summed E-state index contributed by atoms with van der Waals surface area (Å²) >= 11 is 0. The Morgan fingerprint density at radius 3 is 2.71 bits per heavy atom. The third-order valence-electron chi connectivity index (χ3n) is 3.55. The van der Waals surface area contributed by atoms with Crippen LogP contribution in [0.3, 0.4) is 0 Å². The van der Waals surface area contributed by atoms with Crippen LogP contribution in [0, 0.1) is 12.7 Å². The van der Waals surface area contributed by atoms with E-state index in [4.69, 9.17) is 5.11 Å². The van der Waals surface area contributed by atoms with Gasteiger partial charge >= 0.3 is 6.16 Å². The summed E-state index contributed by atoms with van der Waals surface area (Å²) in [6.45, 7) is 4.40. The number of benzene rings is 2. The number of nitrogens with zero attached hydrogens (tertiary/aromatic N) is 1. The number of aromatic nitrogens is 1. The van der Waals surface area contributed by atoms with Crippen molar-refractivity contribution in [1.29, 1.82) is 0 Å². The molecule has 5 heteroatoms. The minimum absolute atomic E-state index is 0.229. The predicted molar refractivity (Wildman–Crippen MR) is 78.5 cm³/mol. The molecule has 0 amide bonds. The molecule has 0 aliphatic rings. The third kappa shape index (κ3) is 2.11. The number of rotatable bonds is 2. The highest BCUT2D eigenvalue weighted by Crippen LogP contribution is 2.33. The van der Waals surface area contributed by atoms with E-state index in [2.05, 4.69) is 4.74 Å². The molecule has 0 radical (unpaired) electrons. The average Bonchev–Trinajstić information content (AvgIpc) is 2.71. The van der Waals surface area contributed by atoms with Gasteiger partial charge in [0.05, 0.1) is 5.52 Å². The molecule has 0 saturated carbocycles. The van der Waals surface area contributed by atoms with Crippen LogP contribution in [0.25, 0.3) is 21.8 Å². The zero-order chi connectivity index (χ0) is 15.1. The van der Waals surface area contributed by atoms with Gasteiger partial charge in [0.1, 0.15) is 11.6 Å². The maximum absolute atomic E-state index is 14.3. The highest BCUT2D eigenvalue weighted by Gasteiger charge is 2.15. The Labute approximate surface area is 120 Å². The van der Waals surface area contributed by atoms with Crippen LogP contribution in [0.2, 0.25) is 0 Å². The fourth-order valence-electron chi connectivity index (χ4n) is 2.79. The first kappa shape index (κ1) is 13.4. The Morgan fingerprint density at radius 1 is 1.29 bits per heavy atom. The molecule has 0 aliphatic heterocycles. The molecule has 1 N–H and O–H groups in total. The molecule has 108 valence electrons. The van der Waals surface area contributed by atoms with Crippen molar-refractivity contribution in [3.8, 4) is 5.75 Å². The monoisotopic (exact) mass is 287 g/mol. The minimum atomic E-state index is -1.36. The first-order valence-corrected chi connectivity index (χ1v) is 6.64. The van der Waals surface area contributed by atoms with Gasteiger partial charge in [-0.1, -0.05) is 0 Å². The summed E-state index contributed by atoms with van der Waals surface area (Å²) in [6.07, 6.45) is -1.36. The standard InChI is InChI=1S/C16H14FNO3/c1-3-18-14-5-4-10(21-16(19)20)8-11(14)12-6-9(2)7-13(17)15(12)18/h4-8H,3H2,1-2H3,(H,19,20). The van der Waals surface area contributed by atoms with Gasteiger partial charge in [-0.25, -0.2) is 9.18 Å². The van der Waals surface area contributed by atoms with Gasteiger partial charge < -0.3 is 14.4 Å². The summed E-state index contributed by atoms with van der Waals surface area (Å²) < 4.78 is 20.9. The quantitative estimate of drug-likeness (QED) is 0.564. The molecule has 3 aromatic rings. The van der Waals surface area contributed by atoms with Gasteiger partial charge in [0, 0.05) is 22.8 Å². The lowest BCUT2D eigenvalue weighted by Crippen LogP contribution is -2.02. The number of halogens is 1. The lowest BCUT2D eigenvalue weighted by Gasteiger charge is -2.04. The van der Waals surface area contributed by atoms with Crippen molar-refractivity contribution in [2.24, 2.45) is 0 Å². The van der Waals surface area contributed by atoms with Gasteiger partial charge in [-0.3, -0.25) is 0 Å². The SMILES string of the molecule is CCn1c2ccc(OC(=O)O)cc2c2cc(C)cc(F)c21. The summed E-state index contributed by atoms with van der Waals surface area (Å²) in [6, 6.07) is 8.37. The van der Waals surface area contributed by atoms with Crippen LogP contribution in [0.4, 0.5) is 9.18 Å². The maximum atomic E-state index is 14.3. The molecule has 0 unspecified atom stereocenters. The number of fused-ring (bicyclic) bond motifs is 3. The van der Waals surface area contributed by atoms with Crippen molar-refractivity contribution in [2.45, 2.75) is 20.4 Å². The Bertz CT molecular complexity index is 867. The van der Waals surface area contributed by atoms with Crippen LogP contribution in [0.5, 0.6) is 5.75 Å². The second kappa shape index (κ2) is 4.77. The number of hydrogen-bond acceptors (Lipinski definition) is 2. The van der Waals surface area contributed by atoms with Gasteiger partial charge in [0.2, 0.25) is 0 Å². The van der Waals surface area contributed by atoms with Crippen molar-refractivity contribution >= 4 is 28.0 Å². The van der Waals surface area contributed by atoms with Crippen LogP contribution >= 0.6 is 0 Å². The molecule has 1 heterocycles. The first-order chi connectivity index (χ1) is 10.0. The molecule has 3 rings (SSSR count). The van der Waals surface area contributed by atoms with Crippen LogP contribution in [0.15, 0.2) is 30.3 Å². The molecule has 0 fully saturated rings. The van der Waals surface area contributed by atoms with Gasteiger partial charge in [-0.05, 0) is 49.7 Å². The van der Waals surface area contributed by atoms with Gasteiger partial charge in [0.15, 0.2) is 0 Å². The number of hydrogen-bond donors (Lipinski definition) is 1. The molecule has 1 aromatic heterocycles. The number of carboxylic acid groups (broad SMARTS) is 1. The molecule has 0 bridgehead atoms. The van der Waals surface area contributed by atoms with E-state index in [1.807, 2.05) is 24.5 Å². The first-order valence-electron chi connectivity index (χ1n) is 6.64. The zero-order valence-electron chi connectivity index (χ0n) is 11.7. The molecular formula is C16H14FNO3. The minimum Gasteiger partial charge on any atom is -0.449 e.